The molecular formula is C44H48N2O. The molecule has 0 fully saturated rings. The van der Waals surface area contributed by atoms with Gasteiger partial charge in [-0.25, -0.2) is 4.98 Å². The Balaban J connectivity index is 1.41. The molecule has 0 N–H and O–H groups in total. The minimum Gasteiger partial charge on any atom is -0.490 e. The summed E-state index contributed by atoms with van der Waals surface area (Å²) in [4.78, 5) is 5.42. The maximum atomic E-state index is 6.47. The Labute approximate surface area is 280 Å². The number of benzene rings is 5. The van der Waals surface area contributed by atoms with Crippen LogP contribution in [0.4, 0.5) is 0 Å². The van der Waals surface area contributed by atoms with Crippen molar-refractivity contribution in [3.63, 3.8) is 0 Å². The molecule has 3 heteroatoms. The van der Waals surface area contributed by atoms with Crippen LogP contribution in [0.3, 0.4) is 0 Å². The summed E-state index contributed by atoms with van der Waals surface area (Å²) in [6.45, 7) is 10.1. The van der Waals surface area contributed by atoms with Crippen molar-refractivity contribution < 1.29 is 4.74 Å². The van der Waals surface area contributed by atoms with Crippen molar-refractivity contribution in [2.45, 2.75) is 83.7 Å². The van der Waals surface area contributed by atoms with E-state index in [9.17, 15) is 0 Å². The fraction of sp³-hybridized carbons (Fsp3) is 0.295. The number of hydrogen-bond acceptors (Lipinski definition) is 2. The highest BCUT2D eigenvalue weighted by atomic mass is 16.5. The van der Waals surface area contributed by atoms with E-state index in [1.807, 2.05) is 12.2 Å². The number of fused-ring (bicyclic) bond motifs is 6. The third kappa shape index (κ3) is 7.36. The first-order valence-electron chi connectivity index (χ1n) is 17.6. The average molecular weight is 621 g/mol. The molecule has 5 aromatic carbocycles. The standard InChI is InChI=1S/C44H48N2O/c1-4-7-10-11-12-13-18-33-25-27-34(28-26-33)44-45-42-40-23-16-14-21-38(40)39-22-15-17-24-41(39)43(42)46(44)35-29-31-37(32-30-35)47-36(19-8-5-2)20-9-6-3/h5-6,14-17,21-32,36H,2-4,7-13,18-20H2,1H3. The SMILES string of the molecule is C=CCCC(CCC=C)Oc1ccc(-n2c(-c3ccc(CCCCCCCC)cc3)nc3c4ccccc4c4ccccc4c32)cc1. The lowest BCUT2D eigenvalue weighted by Gasteiger charge is -2.19. The highest BCUT2D eigenvalue weighted by molar-refractivity contribution is 6.24. The lowest BCUT2D eigenvalue weighted by Crippen LogP contribution is -2.16. The van der Waals surface area contributed by atoms with Crippen molar-refractivity contribution in [3.05, 3.63) is 128 Å². The number of unbranched alkanes of at least 4 members (excludes halogenated alkanes) is 5. The smallest absolute Gasteiger partial charge is 0.145 e. The molecular weight excluding hydrogens is 572 g/mol. The van der Waals surface area contributed by atoms with Crippen molar-refractivity contribution in [1.29, 1.82) is 0 Å². The number of nitrogens with zero attached hydrogens (tertiary/aromatic N) is 2. The molecule has 0 spiro atoms. The van der Waals surface area contributed by atoms with Crippen LogP contribution in [0.15, 0.2) is 122 Å². The van der Waals surface area contributed by atoms with E-state index < -0.39 is 0 Å². The molecule has 0 bridgehead atoms. The summed E-state index contributed by atoms with van der Waals surface area (Å²) in [6.07, 6.45) is 16.8. The van der Waals surface area contributed by atoms with Crippen LogP contribution in [-0.4, -0.2) is 15.7 Å². The third-order valence-electron chi connectivity index (χ3n) is 9.35. The molecule has 0 aliphatic rings. The van der Waals surface area contributed by atoms with Gasteiger partial charge >= 0.3 is 0 Å². The number of ether oxygens (including phenoxy) is 1. The fourth-order valence-corrected chi connectivity index (χ4v) is 6.82. The molecule has 0 saturated carbocycles. The summed E-state index contributed by atoms with van der Waals surface area (Å²) in [5.74, 6) is 1.84. The maximum Gasteiger partial charge on any atom is 0.145 e. The van der Waals surface area contributed by atoms with E-state index in [2.05, 4.69) is 122 Å². The van der Waals surface area contributed by atoms with E-state index in [-0.39, 0.29) is 6.10 Å². The average Bonchev–Trinajstić information content (AvgIpc) is 3.53. The topological polar surface area (TPSA) is 27.1 Å². The Morgan fingerprint density at radius 3 is 1.94 bits per heavy atom. The zero-order chi connectivity index (χ0) is 32.4. The molecule has 0 atom stereocenters. The van der Waals surface area contributed by atoms with Gasteiger partial charge in [-0.05, 0) is 79.1 Å². The summed E-state index contributed by atoms with van der Waals surface area (Å²) in [6, 6.07) is 35.1. The van der Waals surface area contributed by atoms with Crippen LogP contribution in [0.1, 0.15) is 76.7 Å². The van der Waals surface area contributed by atoms with E-state index in [4.69, 9.17) is 9.72 Å². The summed E-state index contributed by atoms with van der Waals surface area (Å²) in [7, 11) is 0. The lowest BCUT2D eigenvalue weighted by molar-refractivity contribution is 0.183. The van der Waals surface area contributed by atoms with E-state index in [1.54, 1.807) is 0 Å². The van der Waals surface area contributed by atoms with Gasteiger partial charge in [0.2, 0.25) is 0 Å². The van der Waals surface area contributed by atoms with Gasteiger partial charge in [-0.1, -0.05) is 124 Å². The molecule has 240 valence electrons. The Bertz CT molecular complexity index is 1920. The zero-order valence-corrected chi connectivity index (χ0v) is 28.0. The van der Waals surface area contributed by atoms with Crippen LogP contribution >= 0.6 is 0 Å². The van der Waals surface area contributed by atoms with Gasteiger partial charge < -0.3 is 4.74 Å². The largest absolute Gasteiger partial charge is 0.490 e. The molecule has 6 rings (SSSR count). The second-order valence-corrected chi connectivity index (χ2v) is 12.7. The predicted octanol–water partition coefficient (Wildman–Crippen LogP) is 12.6. The number of aryl methyl sites for hydroxylation is 1. The molecule has 47 heavy (non-hydrogen) atoms. The van der Waals surface area contributed by atoms with Gasteiger partial charge in [0, 0.05) is 22.0 Å². The van der Waals surface area contributed by atoms with Gasteiger partial charge in [0.05, 0.1) is 17.1 Å². The molecule has 6 aromatic rings. The first-order chi connectivity index (χ1) is 23.2. The highest BCUT2D eigenvalue weighted by Crippen LogP contribution is 2.39. The fourth-order valence-electron chi connectivity index (χ4n) is 6.82. The molecule has 0 saturated heterocycles. The number of imidazole rings is 1. The first kappa shape index (κ1) is 32.3. The van der Waals surface area contributed by atoms with Crippen LogP contribution < -0.4 is 4.74 Å². The Hall–Kier alpha value is -4.63. The second kappa shape index (κ2) is 15.8. The van der Waals surface area contributed by atoms with E-state index in [0.717, 1.165) is 66.0 Å². The minimum atomic E-state index is 0.131. The Kier molecular flexibility index (Phi) is 10.8. The van der Waals surface area contributed by atoms with Gasteiger partial charge in [-0.2, -0.15) is 0 Å². The van der Waals surface area contributed by atoms with Crippen LogP contribution in [0, 0.1) is 0 Å². The predicted molar refractivity (Wildman–Crippen MR) is 202 cm³/mol. The number of aromatic nitrogens is 2. The monoisotopic (exact) mass is 620 g/mol. The molecule has 3 nitrogen and oxygen atoms in total. The number of hydrogen-bond donors (Lipinski definition) is 0. The lowest BCUT2D eigenvalue weighted by atomic mass is 10.00. The minimum absolute atomic E-state index is 0.131. The van der Waals surface area contributed by atoms with Crippen molar-refractivity contribution in [2.24, 2.45) is 0 Å². The number of rotatable bonds is 17. The quantitative estimate of drug-likeness (QED) is 0.0576. The highest BCUT2D eigenvalue weighted by Gasteiger charge is 2.20. The first-order valence-corrected chi connectivity index (χ1v) is 17.6. The summed E-state index contributed by atoms with van der Waals surface area (Å²) >= 11 is 0. The van der Waals surface area contributed by atoms with Crippen LogP contribution in [0.5, 0.6) is 5.75 Å². The molecule has 1 aromatic heterocycles. The van der Waals surface area contributed by atoms with Crippen molar-refractivity contribution >= 4 is 32.6 Å². The molecule has 0 amide bonds. The van der Waals surface area contributed by atoms with E-state index >= 15 is 0 Å². The molecule has 0 unspecified atom stereocenters. The van der Waals surface area contributed by atoms with Gasteiger partial charge in [0.1, 0.15) is 11.6 Å². The maximum absolute atomic E-state index is 6.47. The number of allylic oxidation sites excluding steroid dienone is 2. The molecule has 0 aliphatic heterocycles. The summed E-state index contributed by atoms with van der Waals surface area (Å²) in [5, 5.41) is 4.85. The normalized spacial score (nSPS) is 11.5. The molecule has 0 aliphatic carbocycles. The second-order valence-electron chi connectivity index (χ2n) is 12.7. The van der Waals surface area contributed by atoms with Crippen molar-refractivity contribution in [3.8, 4) is 22.8 Å². The van der Waals surface area contributed by atoms with Gasteiger partial charge in [0.25, 0.3) is 0 Å². The summed E-state index contributed by atoms with van der Waals surface area (Å²) in [5.41, 5.74) is 5.75. The van der Waals surface area contributed by atoms with Crippen LogP contribution in [-0.2, 0) is 6.42 Å². The summed E-state index contributed by atoms with van der Waals surface area (Å²) < 4.78 is 8.82. The Morgan fingerprint density at radius 2 is 1.28 bits per heavy atom. The van der Waals surface area contributed by atoms with Crippen LogP contribution in [0.25, 0.3) is 49.7 Å². The van der Waals surface area contributed by atoms with E-state index in [0.29, 0.717) is 0 Å². The third-order valence-corrected chi connectivity index (χ3v) is 9.35. The van der Waals surface area contributed by atoms with Gasteiger partial charge in [0.15, 0.2) is 0 Å². The van der Waals surface area contributed by atoms with E-state index in [1.165, 1.54) is 65.6 Å². The molecule has 0 radical (unpaired) electrons. The molecule has 1 heterocycles. The van der Waals surface area contributed by atoms with Crippen LogP contribution in [0.2, 0.25) is 0 Å². The van der Waals surface area contributed by atoms with Crippen molar-refractivity contribution in [2.75, 3.05) is 0 Å². The van der Waals surface area contributed by atoms with Gasteiger partial charge in [-0.3, -0.25) is 4.57 Å². The Morgan fingerprint density at radius 1 is 0.681 bits per heavy atom. The van der Waals surface area contributed by atoms with Crippen molar-refractivity contribution in [1.82, 2.24) is 9.55 Å². The van der Waals surface area contributed by atoms with Gasteiger partial charge in [-0.15, -0.1) is 13.2 Å². The zero-order valence-electron chi connectivity index (χ0n) is 28.0.